The van der Waals surface area contributed by atoms with E-state index in [1.807, 2.05) is 18.2 Å². The molecule has 1 saturated carbocycles. The van der Waals surface area contributed by atoms with Crippen molar-refractivity contribution >= 4 is 23.2 Å². The molecule has 2 rings (SSSR count). The molecule has 17 heavy (non-hydrogen) atoms. The van der Waals surface area contributed by atoms with E-state index in [9.17, 15) is 0 Å². The molecule has 0 atom stereocenters. The van der Waals surface area contributed by atoms with Gasteiger partial charge in [0.2, 0.25) is 0 Å². The van der Waals surface area contributed by atoms with Gasteiger partial charge in [0.1, 0.15) is 0 Å². The van der Waals surface area contributed by atoms with Crippen LogP contribution in [0, 0.1) is 5.92 Å². The SMILES string of the molecule is CC1CCC(N)(Cc2cccc(Cl)c2Cl)CC1. The predicted molar refractivity (Wildman–Crippen MR) is 74.7 cm³/mol. The van der Waals surface area contributed by atoms with Crippen LogP contribution in [0.15, 0.2) is 18.2 Å². The minimum atomic E-state index is -0.0964. The summed E-state index contributed by atoms with van der Waals surface area (Å²) in [6, 6.07) is 5.79. The summed E-state index contributed by atoms with van der Waals surface area (Å²) in [6.07, 6.45) is 5.43. The van der Waals surface area contributed by atoms with Gasteiger partial charge in [0.15, 0.2) is 0 Å². The molecule has 1 aliphatic rings. The molecule has 2 N–H and O–H groups in total. The summed E-state index contributed by atoms with van der Waals surface area (Å²) in [7, 11) is 0. The first kappa shape index (κ1) is 13.2. The Kier molecular flexibility index (Phi) is 4.02. The third kappa shape index (κ3) is 3.15. The summed E-state index contributed by atoms with van der Waals surface area (Å²) in [5.41, 5.74) is 7.45. The Morgan fingerprint density at radius 1 is 1.29 bits per heavy atom. The van der Waals surface area contributed by atoms with Gasteiger partial charge in [0, 0.05) is 5.54 Å². The smallest absolute Gasteiger partial charge is 0.0624 e. The van der Waals surface area contributed by atoms with Crippen molar-refractivity contribution in [1.82, 2.24) is 0 Å². The van der Waals surface area contributed by atoms with E-state index < -0.39 is 0 Å². The summed E-state index contributed by atoms with van der Waals surface area (Å²) in [5, 5.41) is 1.29. The molecule has 0 radical (unpaired) electrons. The predicted octanol–water partition coefficient (Wildman–Crippen LogP) is 4.44. The van der Waals surface area contributed by atoms with Gasteiger partial charge in [-0.15, -0.1) is 0 Å². The molecule has 1 nitrogen and oxygen atoms in total. The monoisotopic (exact) mass is 271 g/mol. The molecule has 0 aromatic heterocycles. The zero-order valence-corrected chi connectivity index (χ0v) is 11.7. The molecule has 3 heteroatoms. The van der Waals surface area contributed by atoms with Gasteiger partial charge in [-0.25, -0.2) is 0 Å². The lowest BCUT2D eigenvalue weighted by molar-refractivity contribution is 0.243. The molecule has 0 unspecified atom stereocenters. The molecule has 0 saturated heterocycles. The first-order valence-electron chi connectivity index (χ1n) is 6.22. The van der Waals surface area contributed by atoms with E-state index in [2.05, 4.69) is 6.92 Å². The average molecular weight is 272 g/mol. The van der Waals surface area contributed by atoms with Gasteiger partial charge in [-0.2, -0.15) is 0 Å². The van der Waals surface area contributed by atoms with Crippen molar-refractivity contribution in [3.05, 3.63) is 33.8 Å². The van der Waals surface area contributed by atoms with Gasteiger partial charge in [-0.1, -0.05) is 42.3 Å². The van der Waals surface area contributed by atoms with Crippen LogP contribution in [0.5, 0.6) is 0 Å². The molecule has 0 aliphatic heterocycles. The molecule has 0 amide bonds. The fourth-order valence-corrected chi connectivity index (χ4v) is 2.97. The second-order valence-electron chi connectivity index (χ2n) is 5.43. The molecule has 1 fully saturated rings. The van der Waals surface area contributed by atoms with Gasteiger partial charge >= 0.3 is 0 Å². The first-order chi connectivity index (χ1) is 8.00. The number of halogens is 2. The van der Waals surface area contributed by atoms with Crippen molar-refractivity contribution in [2.24, 2.45) is 11.7 Å². The lowest BCUT2D eigenvalue weighted by Crippen LogP contribution is -2.45. The molecular formula is C14H19Cl2N. The van der Waals surface area contributed by atoms with Crippen molar-refractivity contribution in [3.8, 4) is 0 Å². The Bertz CT molecular complexity index is 395. The van der Waals surface area contributed by atoms with Gasteiger partial charge in [0.25, 0.3) is 0 Å². The fourth-order valence-electron chi connectivity index (χ4n) is 2.58. The highest BCUT2D eigenvalue weighted by Gasteiger charge is 2.30. The second-order valence-corrected chi connectivity index (χ2v) is 6.22. The van der Waals surface area contributed by atoms with Crippen LogP contribution in [-0.4, -0.2) is 5.54 Å². The Morgan fingerprint density at radius 2 is 1.94 bits per heavy atom. The highest BCUT2D eigenvalue weighted by Crippen LogP contribution is 2.35. The molecule has 0 bridgehead atoms. The largest absolute Gasteiger partial charge is 0.325 e. The Labute approximate surface area is 113 Å². The van der Waals surface area contributed by atoms with Crippen molar-refractivity contribution in [2.75, 3.05) is 0 Å². The van der Waals surface area contributed by atoms with Crippen LogP contribution in [0.25, 0.3) is 0 Å². The summed E-state index contributed by atoms with van der Waals surface area (Å²) >= 11 is 12.2. The van der Waals surface area contributed by atoms with Gasteiger partial charge in [-0.3, -0.25) is 0 Å². The van der Waals surface area contributed by atoms with E-state index in [4.69, 9.17) is 28.9 Å². The summed E-state index contributed by atoms with van der Waals surface area (Å²) in [4.78, 5) is 0. The van der Waals surface area contributed by atoms with Crippen LogP contribution in [-0.2, 0) is 6.42 Å². The molecule has 0 heterocycles. The lowest BCUT2D eigenvalue weighted by atomic mass is 9.75. The normalized spacial score (nSPS) is 29.3. The van der Waals surface area contributed by atoms with E-state index in [1.165, 1.54) is 12.8 Å². The van der Waals surface area contributed by atoms with E-state index in [0.29, 0.717) is 10.0 Å². The van der Waals surface area contributed by atoms with E-state index in [-0.39, 0.29) is 5.54 Å². The van der Waals surface area contributed by atoms with E-state index in [1.54, 1.807) is 0 Å². The Morgan fingerprint density at radius 3 is 2.59 bits per heavy atom. The third-order valence-corrected chi connectivity index (χ3v) is 4.70. The lowest BCUT2D eigenvalue weighted by Gasteiger charge is -2.36. The van der Waals surface area contributed by atoms with Crippen LogP contribution in [0.3, 0.4) is 0 Å². The fraction of sp³-hybridized carbons (Fsp3) is 0.571. The topological polar surface area (TPSA) is 26.0 Å². The molecular weight excluding hydrogens is 253 g/mol. The van der Waals surface area contributed by atoms with Crippen LogP contribution in [0.2, 0.25) is 10.0 Å². The minimum absolute atomic E-state index is 0.0964. The summed E-state index contributed by atoms with van der Waals surface area (Å²) < 4.78 is 0. The quantitative estimate of drug-likeness (QED) is 0.846. The number of benzene rings is 1. The number of hydrogen-bond acceptors (Lipinski definition) is 1. The van der Waals surface area contributed by atoms with E-state index in [0.717, 1.165) is 30.7 Å². The maximum Gasteiger partial charge on any atom is 0.0624 e. The highest BCUT2D eigenvalue weighted by atomic mass is 35.5. The highest BCUT2D eigenvalue weighted by molar-refractivity contribution is 6.42. The Hall–Kier alpha value is -0.240. The second kappa shape index (κ2) is 5.17. The number of rotatable bonds is 2. The minimum Gasteiger partial charge on any atom is -0.325 e. The van der Waals surface area contributed by atoms with Crippen molar-refractivity contribution in [3.63, 3.8) is 0 Å². The maximum atomic E-state index is 6.47. The molecule has 1 aliphatic carbocycles. The van der Waals surface area contributed by atoms with Gasteiger partial charge in [-0.05, 0) is 49.7 Å². The zero-order chi connectivity index (χ0) is 12.5. The van der Waals surface area contributed by atoms with Crippen LogP contribution < -0.4 is 5.73 Å². The van der Waals surface area contributed by atoms with Gasteiger partial charge in [0.05, 0.1) is 10.0 Å². The van der Waals surface area contributed by atoms with Crippen molar-refractivity contribution in [2.45, 2.75) is 44.6 Å². The number of hydrogen-bond donors (Lipinski definition) is 1. The molecule has 1 aromatic carbocycles. The molecule has 0 spiro atoms. The zero-order valence-electron chi connectivity index (χ0n) is 10.2. The van der Waals surface area contributed by atoms with E-state index >= 15 is 0 Å². The molecule has 1 aromatic rings. The number of nitrogens with two attached hydrogens (primary N) is 1. The standard InChI is InChI=1S/C14H19Cl2N/c1-10-5-7-14(17,8-6-10)9-11-3-2-4-12(15)13(11)16/h2-4,10H,5-9,17H2,1H3. The first-order valence-corrected chi connectivity index (χ1v) is 6.97. The summed E-state index contributed by atoms with van der Waals surface area (Å²) in [5.74, 6) is 0.807. The maximum absolute atomic E-state index is 6.47. The van der Waals surface area contributed by atoms with Crippen LogP contribution >= 0.6 is 23.2 Å². The average Bonchev–Trinajstić information content (AvgIpc) is 2.30. The van der Waals surface area contributed by atoms with Crippen molar-refractivity contribution < 1.29 is 0 Å². The van der Waals surface area contributed by atoms with Crippen molar-refractivity contribution in [1.29, 1.82) is 0 Å². The third-order valence-electron chi connectivity index (χ3n) is 3.84. The van der Waals surface area contributed by atoms with Crippen LogP contribution in [0.1, 0.15) is 38.2 Å². The van der Waals surface area contributed by atoms with Gasteiger partial charge < -0.3 is 5.73 Å². The Balaban J connectivity index is 2.12. The van der Waals surface area contributed by atoms with Crippen LogP contribution in [0.4, 0.5) is 0 Å². The molecule has 94 valence electrons. The summed E-state index contributed by atoms with van der Waals surface area (Å²) in [6.45, 7) is 2.30.